The first kappa shape index (κ1) is 16.3. The number of furan rings is 1. The average Bonchev–Trinajstić information content (AvgIpc) is 3.08. The van der Waals surface area contributed by atoms with Crippen LogP contribution in [0.25, 0.3) is 0 Å². The minimum absolute atomic E-state index is 0.243. The van der Waals surface area contributed by atoms with Crippen LogP contribution in [0.1, 0.15) is 21.9 Å². The number of amides is 1. The Morgan fingerprint density at radius 1 is 1.04 bits per heavy atom. The second-order valence-corrected chi connectivity index (χ2v) is 6.10. The van der Waals surface area contributed by atoms with Crippen molar-refractivity contribution in [3.05, 3.63) is 88.3 Å². The largest absolute Gasteiger partial charge is 0.486 e. The summed E-state index contributed by atoms with van der Waals surface area (Å²) < 4.78 is 12.1. The molecule has 0 saturated heterocycles. The Balaban J connectivity index is 1.53. The van der Waals surface area contributed by atoms with Gasteiger partial charge in [0.2, 0.25) is 0 Å². The summed E-state index contributed by atoms with van der Waals surface area (Å²) in [4.78, 5) is 12.1. The third-order valence-electron chi connectivity index (χ3n) is 3.36. The second kappa shape index (κ2) is 7.84. The molecule has 4 nitrogen and oxygen atoms in total. The van der Waals surface area contributed by atoms with Crippen molar-refractivity contribution in [1.29, 1.82) is 0 Å². The molecule has 122 valence electrons. The van der Waals surface area contributed by atoms with E-state index >= 15 is 0 Å². The maximum atomic E-state index is 12.1. The molecule has 1 heterocycles. The molecule has 1 aromatic heterocycles. The van der Waals surface area contributed by atoms with Gasteiger partial charge in [-0.25, -0.2) is 0 Å². The zero-order chi connectivity index (χ0) is 16.8. The van der Waals surface area contributed by atoms with Gasteiger partial charge in [0.15, 0.2) is 5.76 Å². The lowest BCUT2D eigenvalue weighted by atomic mass is 10.2. The van der Waals surface area contributed by atoms with E-state index in [1.165, 1.54) is 0 Å². The van der Waals surface area contributed by atoms with E-state index in [-0.39, 0.29) is 18.3 Å². The van der Waals surface area contributed by atoms with E-state index < -0.39 is 0 Å². The molecule has 0 aliphatic heterocycles. The molecule has 24 heavy (non-hydrogen) atoms. The molecular formula is C19H16BrNO3. The lowest BCUT2D eigenvalue weighted by Crippen LogP contribution is -2.22. The number of carbonyl (C=O) groups is 1. The van der Waals surface area contributed by atoms with Crippen LogP contribution in [-0.4, -0.2) is 5.91 Å². The number of benzene rings is 2. The van der Waals surface area contributed by atoms with Crippen molar-refractivity contribution < 1.29 is 13.9 Å². The number of halogens is 1. The fourth-order valence-electron chi connectivity index (χ4n) is 2.15. The van der Waals surface area contributed by atoms with Gasteiger partial charge in [0, 0.05) is 11.0 Å². The Kier molecular flexibility index (Phi) is 5.33. The molecule has 0 saturated carbocycles. The molecule has 1 amide bonds. The first-order valence-corrected chi connectivity index (χ1v) is 8.29. The normalized spacial score (nSPS) is 10.4. The van der Waals surface area contributed by atoms with Gasteiger partial charge < -0.3 is 14.5 Å². The highest BCUT2D eigenvalue weighted by molar-refractivity contribution is 9.10. The highest BCUT2D eigenvalue weighted by Gasteiger charge is 2.11. The van der Waals surface area contributed by atoms with Crippen molar-refractivity contribution in [2.24, 2.45) is 0 Å². The summed E-state index contributed by atoms with van der Waals surface area (Å²) in [5, 5.41) is 2.83. The number of rotatable bonds is 6. The predicted molar refractivity (Wildman–Crippen MR) is 94.8 cm³/mol. The Morgan fingerprint density at radius 2 is 1.88 bits per heavy atom. The van der Waals surface area contributed by atoms with Gasteiger partial charge in [0.25, 0.3) is 5.91 Å². The van der Waals surface area contributed by atoms with Gasteiger partial charge in [0.1, 0.15) is 18.1 Å². The van der Waals surface area contributed by atoms with Gasteiger partial charge >= 0.3 is 0 Å². The molecule has 0 spiro atoms. The van der Waals surface area contributed by atoms with Crippen molar-refractivity contribution in [3.63, 3.8) is 0 Å². The SMILES string of the molecule is O=C(NCc1ccccc1)c1ccc(COc2cccc(Br)c2)o1. The predicted octanol–water partition coefficient (Wildman–Crippen LogP) is 4.55. The Labute approximate surface area is 148 Å². The van der Waals surface area contributed by atoms with Crippen molar-refractivity contribution in [1.82, 2.24) is 5.32 Å². The fraction of sp³-hybridized carbons (Fsp3) is 0.105. The molecule has 0 atom stereocenters. The van der Waals surface area contributed by atoms with E-state index in [9.17, 15) is 4.79 Å². The molecule has 0 aliphatic carbocycles. The molecule has 5 heteroatoms. The molecule has 3 aromatic rings. The first-order chi connectivity index (χ1) is 11.7. The Morgan fingerprint density at radius 3 is 2.67 bits per heavy atom. The lowest BCUT2D eigenvalue weighted by Gasteiger charge is -2.05. The summed E-state index contributed by atoms with van der Waals surface area (Å²) in [6.07, 6.45) is 0. The molecule has 3 rings (SSSR count). The number of hydrogen-bond acceptors (Lipinski definition) is 3. The molecular weight excluding hydrogens is 370 g/mol. The minimum atomic E-state index is -0.243. The molecule has 0 radical (unpaired) electrons. The summed E-state index contributed by atoms with van der Waals surface area (Å²) in [7, 11) is 0. The summed E-state index contributed by atoms with van der Waals surface area (Å²) in [5.41, 5.74) is 1.04. The van der Waals surface area contributed by atoms with E-state index in [0.29, 0.717) is 12.3 Å². The zero-order valence-electron chi connectivity index (χ0n) is 12.9. The third kappa shape index (κ3) is 4.49. The van der Waals surface area contributed by atoms with Crippen LogP contribution in [0.15, 0.2) is 75.6 Å². The molecule has 1 N–H and O–H groups in total. The van der Waals surface area contributed by atoms with E-state index in [4.69, 9.17) is 9.15 Å². The van der Waals surface area contributed by atoms with Crippen LogP contribution in [0, 0.1) is 0 Å². The van der Waals surface area contributed by atoms with E-state index in [0.717, 1.165) is 15.8 Å². The van der Waals surface area contributed by atoms with E-state index in [1.807, 2.05) is 54.6 Å². The second-order valence-electron chi connectivity index (χ2n) is 5.18. The minimum Gasteiger partial charge on any atom is -0.486 e. The van der Waals surface area contributed by atoms with Gasteiger partial charge in [-0.1, -0.05) is 52.3 Å². The topological polar surface area (TPSA) is 51.5 Å². The van der Waals surface area contributed by atoms with Crippen molar-refractivity contribution >= 4 is 21.8 Å². The monoisotopic (exact) mass is 385 g/mol. The Bertz CT molecular complexity index is 814. The molecule has 0 bridgehead atoms. The van der Waals surface area contributed by atoms with Crippen LogP contribution in [0.2, 0.25) is 0 Å². The first-order valence-electron chi connectivity index (χ1n) is 7.50. The smallest absolute Gasteiger partial charge is 0.287 e. The maximum absolute atomic E-state index is 12.1. The van der Waals surface area contributed by atoms with E-state index in [1.54, 1.807) is 12.1 Å². The summed E-state index contributed by atoms with van der Waals surface area (Å²) in [6, 6.07) is 20.7. The average molecular weight is 386 g/mol. The van der Waals surface area contributed by atoms with Crippen molar-refractivity contribution in [2.45, 2.75) is 13.2 Å². The van der Waals surface area contributed by atoms with Crippen LogP contribution in [0.4, 0.5) is 0 Å². The fourth-order valence-corrected chi connectivity index (χ4v) is 2.53. The molecule has 0 fully saturated rings. The van der Waals surface area contributed by atoms with Crippen LogP contribution < -0.4 is 10.1 Å². The lowest BCUT2D eigenvalue weighted by molar-refractivity contribution is 0.0919. The van der Waals surface area contributed by atoms with Gasteiger partial charge in [-0.3, -0.25) is 4.79 Å². The Hall–Kier alpha value is -2.53. The van der Waals surface area contributed by atoms with Gasteiger partial charge in [-0.05, 0) is 35.9 Å². The standard InChI is InChI=1S/C19H16BrNO3/c20-15-7-4-8-16(11-15)23-13-17-9-10-18(24-17)19(22)21-12-14-5-2-1-3-6-14/h1-11H,12-13H2,(H,21,22). The van der Waals surface area contributed by atoms with Gasteiger partial charge in [0.05, 0.1) is 0 Å². The molecule has 0 unspecified atom stereocenters. The number of ether oxygens (including phenoxy) is 1. The number of nitrogens with one attached hydrogen (secondary N) is 1. The third-order valence-corrected chi connectivity index (χ3v) is 3.85. The summed E-state index contributed by atoms with van der Waals surface area (Å²) in [6.45, 7) is 0.729. The van der Waals surface area contributed by atoms with Gasteiger partial charge in [-0.2, -0.15) is 0 Å². The highest BCUT2D eigenvalue weighted by Crippen LogP contribution is 2.19. The van der Waals surface area contributed by atoms with E-state index in [2.05, 4.69) is 21.2 Å². The summed E-state index contributed by atoms with van der Waals surface area (Å²) in [5.74, 6) is 1.36. The van der Waals surface area contributed by atoms with Crippen LogP contribution >= 0.6 is 15.9 Å². The van der Waals surface area contributed by atoms with Crippen LogP contribution in [0.5, 0.6) is 5.75 Å². The van der Waals surface area contributed by atoms with Crippen LogP contribution in [-0.2, 0) is 13.2 Å². The highest BCUT2D eigenvalue weighted by atomic mass is 79.9. The van der Waals surface area contributed by atoms with Crippen molar-refractivity contribution in [3.8, 4) is 5.75 Å². The van der Waals surface area contributed by atoms with Crippen molar-refractivity contribution in [2.75, 3.05) is 0 Å². The van der Waals surface area contributed by atoms with Crippen LogP contribution in [0.3, 0.4) is 0 Å². The zero-order valence-corrected chi connectivity index (χ0v) is 14.5. The molecule has 0 aliphatic rings. The maximum Gasteiger partial charge on any atom is 0.287 e. The van der Waals surface area contributed by atoms with Gasteiger partial charge in [-0.15, -0.1) is 0 Å². The number of hydrogen-bond donors (Lipinski definition) is 1. The summed E-state index contributed by atoms with van der Waals surface area (Å²) >= 11 is 3.39. The number of carbonyl (C=O) groups excluding carboxylic acids is 1. The quantitative estimate of drug-likeness (QED) is 0.676. The molecule has 2 aromatic carbocycles.